The van der Waals surface area contributed by atoms with Gasteiger partial charge in [-0.15, -0.1) is 0 Å². The topological polar surface area (TPSA) is 72.2 Å². The molecule has 0 fully saturated rings. The average Bonchev–Trinajstić information content (AvgIpc) is 2.35. The molecule has 0 heterocycles. The Hall–Kier alpha value is -1.33. The van der Waals surface area contributed by atoms with Crippen molar-refractivity contribution in [3.63, 3.8) is 0 Å². The Morgan fingerprint density at radius 3 is 2.42 bits per heavy atom. The lowest BCUT2D eigenvalue weighted by atomic mass is 10.1. The zero-order chi connectivity index (χ0) is 14.6. The van der Waals surface area contributed by atoms with E-state index < -0.39 is 10.0 Å². The Morgan fingerprint density at radius 1 is 1.32 bits per heavy atom. The van der Waals surface area contributed by atoms with Crippen molar-refractivity contribution in [3.05, 3.63) is 35.4 Å². The second-order valence-electron chi connectivity index (χ2n) is 4.65. The SMILES string of the molecule is C=C(C)CNS(=O)(=O)c1cc(CC)cc(N)c1CC. The number of nitrogen functional groups attached to an aromatic ring is 1. The molecule has 5 heteroatoms. The molecule has 0 radical (unpaired) electrons. The maximum absolute atomic E-state index is 12.3. The molecule has 106 valence electrons. The van der Waals surface area contributed by atoms with Gasteiger partial charge in [0, 0.05) is 12.2 Å². The highest BCUT2D eigenvalue weighted by atomic mass is 32.2. The van der Waals surface area contributed by atoms with Gasteiger partial charge in [0.2, 0.25) is 10.0 Å². The van der Waals surface area contributed by atoms with E-state index in [2.05, 4.69) is 11.3 Å². The van der Waals surface area contributed by atoms with E-state index in [1.165, 1.54) is 0 Å². The van der Waals surface area contributed by atoms with E-state index in [1.807, 2.05) is 19.9 Å². The van der Waals surface area contributed by atoms with Crippen molar-refractivity contribution in [3.8, 4) is 0 Å². The van der Waals surface area contributed by atoms with Crippen molar-refractivity contribution in [1.29, 1.82) is 0 Å². The predicted octanol–water partition coefficient (Wildman–Crippen LogP) is 2.25. The third-order valence-electron chi connectivity index (χ3n) is 2.92. The minimum absolute atomic E-state index is 0.238. The molecule has 0 aliphatic rings. The van der Waals surface area contributed by atoms with Crippen LogP contribution in [0.3, 0.4) is 0 Å². The van der Waals surface area contributed by atoms with Gasteiger partial charge in [0.25, 0.3) is 0 Å². The zero-order valence-corrected chi connectivity index (χ0v) is 12.6. The van der Waals surface area contributed by atoms with Gasteiger partial charge in [-0.2, -0.15) is 0 Å². The fraction of sp³-hybridized carbons (Fsp3) is 0.429. The minimum Gasteiger partial charge on any atom is -0.398 e. The van der Waals surface area contributed by atoms with Crippen molar-refractivity contribution >= 4 is 15.7 Å². The number of nitrogens with two attached hydrogens (primary N) is 1. The van der Waals surface area contributed by atoms with Crippen LogP contribution in [-0.2, 0) is 22.9 Å². The van der Waals surface area contributed by atoms with E-state index in [4.69, 9.17) is 5.73 Å². The van der Waals surface area contributed by atoms with E-state index in [0.29, 0.717) is 17.7 Å². The van der Waals surface area contributed by atoms with Gasteiger partial charge in [0.15, 0.2) is 0 Å². The first kappa shape index (κ1) is 15.7. The van der Waals surface area contributed by atoms with Crippen LogP contribution in [-0.4, -0.2) is 15.0 Å². The predicted molar refractivity (Wildman–Crippen MR) is 79.6 cm³/mol. The third-order valence-corrected chi connectivity index (χ3v) is 4.39. The minimum atomic E-state index is -3.54. The highest BCUT2D eigenvalue weighted by molar-refractivity contribution is 7.89. The van der Waals surface area contributed by atoms with Crippen molar-refractivity contribution in [2.45, 2.75) is 38.5 Å². The van der Waals surface area contributed by atoms with Crippen LogP contribution < -0.4 is 10.5 Å². The number of anilines is 1. The van der Waals surface area contributed by atoms with Crippen molar-refractivity contribution in [2.24, 2.45) is 0 Å². The number of sulfonamides is 1. The first-order chi connectivity index (χ1) is 8.81. The Morgan fingerprint density at radius 2 is 1.95 bits per heavy atom. The van der Waals surface area contributed by atoms with Crippen LogP contribution in [0.5, 0.6) is 0 Å². The second-order valence-corrected chi connectivity index (χ2v) is 6.39. The molecule has 1 aromatic rings. The molecule has 4 nitrogen and oxygen atoms in total. The summed E-state index contributed by atoms with van der Waals surface area (Å²) < 4.78 is 27.2. The van der Waals surface area contributed by atoms with Crippen molar-refractivity contribution in [1.82, 2.24) is 4.72 Å². The summed E-state index contributed by atoms with van der Waals surface area (Å²) in [6, 6.07) is 3.55. The average molecular weight is 282 g/mol. The van der Waals surface area contributed by atoms with Gasteiger partial charge < -0.3 is 5.73 Å². The van der Waals surface area contributed by atoms with Crippen LogP contribution >= 0.6 is 0 Å². The van der Waals surface area contributed by atoms with Crippen LogP contribution in [0.1, 0.15) is 31.9 Å². The van der Waals surface area contributed by atoms with Gasteiger partial charge >= 0.3 is 0 Å². The van der Waals surface area contributed by atoms with Gasteiger partial charge in [-0.25, -0.2) is 13.1 Å². The lowest BCUT2D eigenvalue weighted by molar-refractivity contribution is 0.583. The quantitative estimate of drug-likeness (QED) is 0.621. The van der Waals surface area contributed by atoms with Crippen molar-refractivity contribution < 1.29 is 8.42 Å². The van der Waals surface area contributed by atoms with Crippen molar-refractivity contribution in [2.75, 3.05) is 12.3 Å². The summed E-state index contributed by atoms with van der Waals surface area (Å²) in [7, 11) is -3.54. The summed E-state index contributed by atoms with van der Waals surface area (Å²) in [5, 5.41) is 0. The van der Waals surface area contributed by atoms with E-state index >= 15 is 0 Å². The number of rotatable bonds is 6. The molecule has 0 saturated heterocycles. The maximum Gasteiger partial charge on any atom is 0.241 e. The van der Waals surface area contributed by atoms with Gasteiger partial charge in [0.05, 0.1) is 4.90 Å². The van der Waals surface area contributed by atoms with Gasteiger partial charge in [-0.05, 0) is 43.0 Å². The number of benzene rings is 1. The zero-order valence-electron chi connectivity index (χ0n) is 11.8. The fourth-order valence-electron chi connectivity index (χ4n) is 1.84. The molecule has 0 bridgehead atoms. The van der Waals surface area contributed by atoms with Crippen LogP contribution in [0, 0.1) is 0 Å². The summed E-state index contributed by atoms with van der Waals surface area (Å²) in [6.07, 6.45) is 1.33. The molecule has 1 rings (SSSR count). The molecule has 0 aromatic heterocycles. The summed E-state index contributed by atoms with van der Waals surface area (Å²) in [4.78, 5) is 0.285. The first-order valence-corrected chi connectivity index (χ1v) is 7.85. The number of aryl methyl sites for hydroxylation is 1. The third kappa shape index (κ3) is 3.81. The Balaban J connectivity index is 3.31. The van der Waals surface area contributed by atoms with Gasteiger partial charge in [-0.3, -0.25) is 0 Å². The smallest absolute Gasteiger partial charge is 0.241 e. The standard InChI is InChI=1S/C14H22N2O2S/c1-5-11-7-13(15)12(6-2)14(8-11)19(17,18)16-9-10(3)4/h7-8,16H,3,5-6,9,15H2,1-2,4H3. The number of hydrogen-bond donors (Lipinski definition) is 2. The summed E-state index contributed by atoms with van der Waals surface area (Å²) >= 11 is 0. The van der Waals surface area contributed by atoms with Crippen LogP contribution in [0.2, 0.25) is 0 Å². The highest BCUT2D eigenvalue weighted by Crippen LogP contribution is 2.25. The van der Waals surface area contributed by atoms with E-state index in [-0.39, 0.29) is 11.4 Å². The molecule has 0 aliphatic carbocycles. The molecule has 0 atom stereocenters. The molecular formula is C14H22N2O2S. The lowest BCUT2D eigenvalue weighted by Crippen LogP contribution is -2.26. The molecular weight excluding hydrogens is 260 g/mol. The summed E-state index contributed by atoms with van der Waals surface area (Å²) in [5.41, 5.74) is 8.85. The van der Waals surface area contributed by atoms with E-state index in [0.717, 1.165) is 17.6 Å². The molecule has 0 unspecified atom stereocenters. The first-order valence-electron chi connectivity index (χ1n) is 6.37. The molecule has 1 aromatic carbocycles. The van der Waals surface area contributed by atoms with Gasteiger partial charge in [0.1, 0.15) is 0 Å². The Kier molecular flexibility index (Phi) is 5.14. The molecule has 0 spiro atoms. The number of hydrogen-bond acceptors (Lipinski definition) is 3. The molecule has 3 N–H and O–H groups in total. The van der Waals surface area contributed by atoms with E-state index in [1.54, 1.807) is 13.0 Å². The Bertz CT molecular complexity index is 577. The highest BCUT2D eigenvalue weighted by Gasteiger charge is 2.20. The second kappa shape index (κ2) is 6.21. The largest absolute Gasteiger partial charge is 0.398 e. The normalized spacial score (nSPS) is 11.5. The number of nitrogens with one attached hydrogen (secondary N) is 1. The summed E-state index contributed by atoms with van der Waals surface area (Å²) in [5.74, 6) is 0. The van der Waals surface area contributed by atoms with Crippen LogP contribution in [0.25, 0.3) is 0 Å². The van der Waals surface area contributed by atoms with Crippen LogP contribution in [0.15, 0.2) is 29.2 Å². The Labute approximate surface area is 115 Å². The van der Waals surface area contributed by atoms with E-state index in [9.17, 15) is 8.42 Å². The van der Waals surface area contributed by atoms with Gasteiger partial charge in [-0.1, -0.05) is 26.0 Å². The molecule has 0 amide bonds. The lowest BCUT2D eigenvalue weighted by Gasteiger charge is -2.14. The summed E-state index contributed by atoms with van der Waals surface area (Å²) in [6.45, 7) is 9.58. The molecule has 0 saturated carbocycles. The molecule has 0 aliphatic heterocycles. The molecule has 19 heavy (non-hydrogen) atoms. The maximum atomic E-state index is 12.3. The fourth-order valence-corrected chi connectivity index (χ4v) is 3.33. The monoisotopic (exact) mass is 282 g/mol. The van der Waals surface area contributed by atoms with Crippen LogP contribution in [0.4, 0.5) is 5.69 Å².